The summed E-state index contributed by atoms with van der Waals surface area (Å²) in [7, 11) is 5.12. The topological polar surface area (TPSA) is 54.9 Å². The Labute approximate surface area is 144 Å². The summed E-state index contributed by atoms with van der Waals surface area (Å²) in [5, 5.41) is 6.50. The van der Waals surface area contributed by atoms with Gasteiger partial charge in [0.2, 0.25) is 0 Å². The molecule has 0 fully saturated rings. The number of methoxy groups -OCH3 is 2. The Bertz CT molecular complexity index is 433. The maximum atomic E-state index is 5.36. The van der Waals surface area contributed by atoms with Gasteiger partial charge in [0.05, 0.1) is 12.7 Å². The molecule has 0 unspecified atom stereocenters. The first-order chi connectivity index (χ1) is 9.50. The van der Waals surface area contributed by atoms with E-state index >= 15 is 0 Å². The molecule has 1 aromatic carbocycles. The van der Waals surface area contributed by atoms with Crippen molar-refractivity contribution in [2.45, 2.75) is 26.0 Å². The summed E-state index contributed by atoms with van der Waals surface area (Å²) in [5.41, 5.74) is 0.942. The zero-order valence-electron chi connectivity index (χ0n) is 13.4. The number of hydrogen-bond donors (Lipinski definition) is 2. The van der Waals surface area contributed by atoms with Crippen LogP contribution in [0.15, 0.2) is 29.3 Å². The third kappa shape index (κ3) is 7.52. The van der Waals surface area contributed by atoms with Crippen LogP contribution < -0.4 is 15.4 Å². The zero-order chi connectivity index (χ0) is 15.0. The molecule has 2 N–H and O–H groups in total. The number of nitrogens with zero attached hydrogens (tertiary/aromatic N) is 1. The van der Waals surface area contributed by atoms with Gasteiger partial charge in [-0.25, -0.2) is 0 Å². The fraction of sp³-hybridized carbons (Fsp3) is 0.533. The second-order valence-corrected chi connectivity index (χ2v) is 5.09. The molecule has 5 nitrogen and oxygen atoms in total. The number of halogens is 1. The normalized spacial score (nSPS) is 11.6. The van der Waals surface area contributed by atoms with Crippen molar-refractivity contribution < 1.29 is 9.47 Å². The van der Waals surface area contributed by atoms with Gasteiger partial charge in [0.15, 0.2) is 5.96 Å². The van der Waals surface area contributed by atoms with Crippen molar-refractivity contribution in [3.8, 4) is 5.75 Å². The average Bonchev–Trinajstić information content (AvgIpc) is 2.48. The van der Waals surface area contributed by atoms with Crippen LogP contribution in [0, 0.1) is 0 Å². The Morgan fingerprint density at radius 1 is 1.14 bits per heavy atom. The van der Waals surface area contributed by atoms with Crippen LogP contribution >= 0.6 is 24.0 Å². The molecule has 0 amide bonds. The van der Waals surface area contributed by atoms with E-state index in [1.165, 1.54) is 5.56 Å². The van der Waals surface area contributed by atoms with Gasteiger partial charge >= 0.3 is 0 Å². The molecule has 21 heavy (non-hydrogen) atoms. The van der Waals surface area contributed by atoms with Gasteiger partial charge in [0.25, 0.3) is 0 Å². The van der Waals surface area contributed by atoms with Gasteiger partial charge in [-0.15, -0.1) is 24.0 Å². The summed E-state index contributed by atoms with van der Waals surface area (Å²) >= 11 is 0. The molecule has 0 radical (unpaired) electrons. The minimum atomic E-state index is -0.224. The highest BCUT2D eigenvalue weighted by molar-refractivity contribution is 14.0. The molecule has 1 aromatic rings. The average molecular weight is 407 g/mol. The van der Waals surface area contributed by atoms with E-state index in [0.717, 1.165) is 11.7 Å². The van der Waals surface area contributed by atoms with Crippen molar-refractivity contribution in [2.75, 3.05) is 27.8 Å². The van der Waals surface area contributed by atoms with Crippen LogP contribution in [0.5, 0.6) is 5.75 Å². The number of hydrogen-bond acceptors (Lipinski definition) is 3. The minimum absolute atomic E-state index is 0. The second kappa shape index (κ2) is 9.83. The number of rotatable bonds is 6. The number of nitrogens with one attached hydrogen (secondary N) is 2. The number of benzene rings is 1. The van der Waals surface area contributed by atoms with Crippen LogP contribution in [0.3, 0.4) is 0 Å². The van der Waals surface area contributed by atoms with Crippen molar-refractivity contribution in [1.82, 2.24) is 10.6 Å². The van der Waals surface area contributed by atoms with Crippen LogP contribution in [0.2, 0.25) is 0 Å². The molecule has 0 spiro atoms. The highest BCUT2D eigenvalue weighted by Crippen LogP contribution is 2.10. The quantitative estimate of drug-likeness (QED) is 0.432. The molecule has 0 saturated heterocycles. The Morgan fingerprint density at radius 2 is 1.76 bits per heavy atom. The molecule has 120 valence electrons. The second-order valence-electron chi connectivity index (χ2n) is 5.09. The Kier molecular flexibility index (Phi) is 9.36. The van der Waals surface area contributed by atoms with Crippen LogP contribution in [0.4, 0.5) is 0 Å². The summed E-state index contributed by atoms with van der Waals surface area (Å²) in [6, 6.07) is 7.94. The monoisotopic (exact) mass is 407 g/mol. The third-order valence-corrected chi connectivity index (χ3v) is 3.08. The van der Waals surface area contributed by atoms with E-state index < -0.39 is 0 Å². The van der Waals surface area contributed by atoms with Crippen LogP contribution in [-0.4, -0.2) is 39.4 Å². The van der Waals surface area contributed by atoms with Gasteiger partial charge in [-0.1, -0.05) is 12.1 Å². The molecule has 0 saturated carbocycles. The molecule has 0 aliphatic rings. The van der Waals surface area contributed by atoms with Gasteiger partial charge < -0.3 is 20.1 Å². The highest BCUT2D eigenvalue weighted by Gasteiger charge is 2.16. The minimum Gasteiger partial charge on any atom is -0.497 e. The molecule has 0 aliphatic heterocycles. The van der Waals surface area contributed by atoms with E-state index in [9.17, 15) is 0 Å². The maximum Gasteiger partial charge on any atom is 0.191 e. The highest BCUT2D eigenvalue weighted by atomic mass is 127. The third-order valence-electron chi connectivity index (χ3n) is 3.08. The molecule has 1 rings (SSSR count). The summed E-state index contributed by atoms with van der Waals surface area (Å²) in [6.07, 6.45) is 0. The largest absolute Gasteiger partial charge is 0.497 e. The van der Waals surface area contributed by atoms with Crippen molar-refractivity contribution in [3.63, 3.8) is 0 Å². The molecule has 0 heterocycles. The van der Waals surface area contributed by atoms with Gasteiger partial charge in [-0.3, -0.25) is 4.99 Å². The zero-order valence-corrected chi connectivity index (χ0v) is 15.7. The van der Waals surface area contributed by atoms with Crippen LogP contribution in [0.1, 0.15) is 19.4 Å². The summed E-state index contributed by atoms with van der Waals surface area (Å²) in [4.78, 5) is 4.19. The lowest BCUT2D eigenvalue weighted by Crippen LogP contribution is -2.45. The lowest BCUT2D eigenvalue weighted by Gasteiger charge is -2.24. The first-order valence-corrected chi connectivity index (χ1v) is 6.63. The summed E-state index contributed by atoms with van der Waals surface area (Å²) in [5.74, 6) is 1.61. The van der Waals surface area contributed by atoms with Crippen molar-refractivity contribution >= 4 is 29.9 Å². The standard InChI is InChI=1S/C15H25N3O2.HI/c1-15(2,20-5)11-18-14(16-3)17-10-12-6-8-13(19-4)9-7-12;/h6-9H,10-11H2,1-5H3,(H2,16,17,18);1H. The Morgan fingerprint density at radius 3 is 2.24 bits per heavy atom. The van der Waals surface area contributed by atoms with E-state index in [0.29, 0.717) is 13.1 Å². The van der Waals surface area contributed by atoms with E-state index in [4.69, 9.17) is 9.47 Å². The van der Waals surface area contributed by atoms with Gasteiger partial charge in [0.1, 0.15) is 5.75 Å². The predicted octanol–water partition coefficient (Wildman–Crippen LogP) is 2.40. The summed E-state index contributed by atoms with van der Waals surface area (Å²) < 4.78 is 10.5. The number of aliphatic imine (C=N–C) groups is 1. The van der Waals surface area contributed by atoms with Crippen LogP contribution in [-0.2, 0) is 11.3 Å². The Hall–Kier alpha value is -1.02. The van der Waals surface area contributed by atoms with Crippen LogP contribution in [0.25, 0.3) is 0 Å². The Balaban J connectivity index is 0.00000400. The molecule has 0 bridgehead atoms. The fourth-order valence-corrected chi connectivity index (χ4v) is 1.52. The van der Waals surface area contributed by atoms with E-state index in [1.807, 2.05) is 38.1 Å². The molecule has 0 aromatic heterocycles. The smallest absolute Gasteiger partial charge is 0.191 e. The number of ether oxygens (including phenoxy) is 2. The summed E-state index contributed by atoms with van der Waals surface area (Å²) in [6.45, 7) is 5.44. The maximum absolute atomic E-state index is 5.36. The lowest BCUT2D eigenvalue weighted by atomic mass is 10.1. The first-order valence-electron chi connectivity index (χ1n) is 6.63. The van der Waals surface area contributed by atoms with Crippen molar-refractivity contribution in [2.24, 2.45) is 4.99 Å². The van der Waals surface area contributed by atoms with Crippen molar-refractivity contribution in [3.05, 3.63) is 29.8 Å². The van der Waals surface area contributed by atoms with E-state index in [-0.39, 0.29) is 29.6 Å². The predicted molar refractivity (Wildman–Crippen MR) is 97.7 cm³/mol. The SMILES string of the molecule is CN=C(NCc1ccc(OC)cc1)NCC(C)(C)OC.I. The van der Waals surface area contributed by atoms with E-state index in [2.05, 4.69) is 15.6 Å². The fourth-order valence-electron chi connectivity index (χ4n) is 1.52. The van der Waals surface area contributed by atoms with Gasteiger partial charge in [-0.05, 0) is 31.5 Å². The molecular weight excluding hydrogens is 381 g/mol. The van der Waals surface area contributed by atoms with E-state index in [1.54, 1.807) is 21.3 Å². The lowest BCUT2D eigenvalue weighted by molar-refractivity contribution is 0.0268. The number of guanidine groups is 1. The van der Waals surface area contributed by atoms with Crippen molar-refractivity contribution in [1.29, 1.82) is 0 Å². The molecule has 6 heteroatoms. The molecule has 0 atom stereocenters. The first kappa shape index (κ1) is 20.0. The molecule has 0 aliphatic carbocycles. The van der Waals surface area contributed by atoms with Gasteiger partial charge in [0, 0.05) is 27.2 Å². The van der Waals surface area contributed by atoms with Gasteiger partial charge in [-0.2, -0.15) is 0 Å². The molecular formula is C15H26IN3O2.